The number of hydrogen-bond acceptors (Lipinski definition) is 4. The lowest BCUT2D eigenvalue weighted by molar-refractivity contribution is 0.560. The second-order valence-electron chi connectivity index (χ2n) is 5.69. The second kappa shape index (κ2) is 7.17. The molecule has 1 fully saturated rings. The van der Waals surface area contributed by atoms with E-state index in [1.165, 1.54) is 6.42 Å². The van der Waals surface area contributed by atoms with E-state index in [1.807, 2.05) is 23.4 Å². The van der Waals surface area contributed by atoms with Crippen LogP contribution in [0.15, 0.2) is 17.2 Å². The summed E-state index contributed by atoms with van der Waals surface area (Å²) in [5, 5.41) is 3.50. The molecule has 0 radical (unpaired) electrons. The van der Waals surface area contributed by atoms with E-state index in [2.05, 4.69) is 23.9 Å². The highest BCUT2D eigenvalue weighted by atomic mass is 32.2. The van der Waals surface area contributed by atoms with Crippen molar-refractivity contribution in [1.29, 1.82) is 0 Å². The summed E-state index contributed by atoms with van der Waals surface area (Å²) in [6, 6.07) is 2.00. The van der Waals surface area contributed by atoms with E-state index in [9.17, 15) is 8.42 Å². The van der Waals surface area contributed by atoms with Gasteiger partial charge in [0.1, 0.15) is 0 Å². The average molecular weight is 332 g/mol. The maximum Gasteiger partial charge on any atom is 0.242 e. The molecule has 1 aliphatic heterocycles. The zero-order valence-electron chi connectivity index (χ0n) is 12.9. The maximum atomic E-state index is 12.4. The van der Waals surface area contributed by atoms with Crippen LogP contribution in [0.5, 0.6) is 0 Å². The van der Waals surface area contributed by atoms with E-state index in [0.717, 1.165) is 17.9 Å². The summed E-state index contributed by atoms with van der Waals surface area (Å²) in [5.74, 6) is 1.14. The first kappa shape index (κ1) is 16.9. The predicted octanol–water partition coefficient (Wildman–Crippen LogP) is 1.96. The van der Waals surface area contributed by atoms with Crippen molar-refractivity contribution in [2.45, 2.75) is 49.4 Å². The summed E-state index contributed by atoms with van der Waals surface area (Å²) in [4.78, 5) is 0.365. The Hall–Kier alpha value is -0.500. The van der Waals surface area contributed by atoms with Gasteiger partial charge in [-0.2, -0.15) is 11.8 Å². The van der Waals surface area contributed by atoms with Crippen molar-refractivity contribution >= 4 is 21.8 Å². The SMILES string of the molecule is CNCc1cc(S(=O)(=O)NCC2CCCS2)cn1C(C)C. The molecule has 0 aliphatic carbocycles. The molecule has 5 nitrogen and oxygen atoms in total. The molecular weight excluding hydrogens is 306 g/mol. The van der Waals surface area contributed by atoms with Gasteiger partial charge in [0, 0.05) is 36.3 Å². The Labute approximate surface area is 131 Å². The monoisotopic (exact) mass is 331 g/mol. The fourth-order valence-electron chi connectivity index (χ4n) is 2.54. The van der Waals surface area contributed by atoms with Crippen LogP contribution in [0.1, 0.15) is 38.4 Å². The van der Waals surface area contributed by atoms with Crippen molar-refractivity contribution in [2.75, 3.05) is 19.3 Å². The number of sulfonamides is 1. The normalized spacial score (nSPS) is 19.5. The maximum absolute atomic E-state index is 12.4. The molecule has 120 valence electrons. The molecule has 1 aliphatic rings. The van der Waals surface area contributed by atoms with Gasteiger partial charge in [0.05, 0.1) is 4.90 Å². The molecule has 1 unspecified atom stereocenters. The minimum Gasteiger partial charge on any atom is -0.346 e. The van der Waals surface area contributed by atoms with E-state index in [0.29, 0.717) is 23.2 Å². The summed E-state index contributed by atoms with van der Waals surface area (Å²) in [7, 11) is -1.55. The third kappa shape index (κ3) is 4.25. The number of nitrogens with zero attached hydrogens (tertiary/aromatic N) is 1. The van der Waals surface area contributed by atoms with E-state index in [4.69, 9.17) is 0 Å². The zero-order chi connectivity index (χ0) is 15.5. The summed E-state index contributed by atoms with van der Waals surface area (Å²) < 4.78 is 29.6. The Bertz CT molecular complexity index is 561. The molecule has 21 heavy (non-hydrogen) atoms. The fourth-order valence-corrected chi connectivity index (χ4v) is 4.98. The summed E-state index contributed by atoms with van der Waals surface area (Å²) in [6.45, 7) is 5.30. The van der Waals surface area contributed by atoms with E-state index >= 15 is 0 Å². The Kier molecular flexibility index (Phi) is 5.76. The molecule has 0 bridgehead atoms. The zero-order valence-corrected chi connectivity index (χ0v) is 14.6. The molecule has 2 rings (SSSR count). The van der Waals surface area contributed by atoms with Gasteiger partial charge in [0.15, 0.2) is 0 Å². The van der Waals surface area contributed by atoms with Gasteiger partial charge in [0.25, 0.3) is 0 Å². The average Bonchev–Trinajstić information content (AvgIpc) is 3.06. The van der Waals surface area contributed by atoms with Gasteiger partial charge >= 0.3 is 0 Å². The molecule has 1 aromatic rings. The Morgan fingerprint density at radius 3 is 2.81 bits per heavy atom. The third-order valence-corrected chi connectivity index (χ3v) is 6.45. The first-order chi connectivity index (χ1) is 9.94. The van der Waals surface area contributed by atoms with Crippen LogP contribution in [0.25, 0.3) is 0 Å². The highest BCUT2D eigenvalue weighted by molar-refractivity contribution is 8.00. The van der Waals surface area contributed by atoms with Crippen LogP contribution in [-0.2, 0) is 16.6 Å². The molecule has 0 spiro atoms. The molecule has 2 N–H and O–H groups in total. The van der Waals surface area contributed by atoms with Crippen molar-refractivity contribution in [3.8, 4) is 0 Å². The lowest BCUT2D eigenvalue weighted by Gasteiger charge is -2.12. The molecule has 7 heteroatoms. The largest absolute Gasteiger partial charge is 0.346 e. The van der Waals surface area contributed by atoms with Crippen molar-refractivity contribution in [1.82, 2.24) is 14.6 Å². The Balaban J connectivity index is 2.12. The molecule has 2 heterocycles. The molecule has 0 saturated carbocycles. The lowest BCUT2D eigenvalue weighted by Crippen LogP contribution is -2.29. The molecular formula is C14H25N3O2S2. The van der Waals surface area contributed by atoms with Crippen LogP contribution in [0, 0.1) is 0 Å². The van der Waals surface area contributed by atoms with Gasteiger partial charge in [-0.15, -0.1) is 0 Å². The van der Waals surface area contributed by atoms with Gasteiger partial charge in [0.2, 0.25) is 10.0 Å². The van der Waals surface area contributed by atoms with Crippen LogP contribution in [0.4, 0.5) is 0 Å². The summed E-state index contributed by atoms with van der Waals surface area (Å²) >= 11 is 1.86. The minimum atomic E-state index is -3.41. The van der Waals surface area contributed by atoms with Crippen LogP contribution in [-0.4, -0.2) is 37.6 Å². The number of rotatable bonds is 7. The second-order valence-corrected chi connectivity index (χ2v) is 8.86. The third-order valence-electron chi connectivity index (χ3n) is 3.66. The van der Waals surface area contributed by atoms with Crippen LogP contribution < -0.4 is 10.0 Å². The number of nitrogens with one attached hydrogen (secondary N) is 2. The van der Waals surface area contributed by atoms with Crippen LogP contribution in [0.3, 0.4) is 0 Å². The van der Waals surface area contributed by atoms with Crippen molar-refractivity contribution in [3.05, 3.63) is 18.0 Å². The van der Waals surface area contributed by atoms with Gasteiger partial charge in [-0.25, -0.2) is 13.1 Å². The van der Waals surface area contributed by atoms with E-state index < -0.39 is 10.0 Å². The van der Waals surface area contributed by atoms with Gasteiger partial charge < -0.3 is 9.88 Å². The summed E-state index contributed by atoms with van der Waals surface area (Å²) in [5.41, 5.74) is 0.989. The summed E-state index contributed by atoms with van der Waals surface area (Å²) in [6.07, 6.45) is 4.03. The van der Waals surface area contributed by atoms with E-state index in [1.54, 1.807) is 12.3 Å². The first-order valence-electron chi connectivity index (χ1n) is 7.40. The van der Waals surface area contributed by atoms with Gasteiger partial charge in [-0.3, -0.25) is 0 Å². The highest BCUT2D eigenvalue weighted by Crippen LogP contribution is 2.26. The number of hydrogen-bond donors (Lipinski definition) is 2. The van der Waals surface area contributed by atoms with Gasteiger partial charge in [-0.1, -0.05) is 0 Å². The number of thioether (sulfide) groups is 1. The number of aromatic nitrogens is 1. The molecule has 0 aromatic carbocycles. The van der Waals surface area contributed by atoms with Crippen molar-refractivity contribution in [2.24, 2.45) is 0 Å². The quantitative estimate of drug-likeness (QED) is 0.802. The smallest absolute Gasteiger partial charge is 0.242 e. The van der Waals surface area contributed by atoms with Crippen LogP contribution >= 0.6 is 11.8 Å². The lowest BCUT2D eigenvalue weighted by atomic mass is 10.2. The molecule has 1 saturated heterocycles. The predicted molar refractivity (Wildman–Crippen MR) is 88.2 cm³/mol. The topological polar surface area (TPSA) is 63.1 Å². The Morgan fingerprint density at radius 1 is 1.48 bits per heavy atom. The van der Waals surface area contributed by atoms with E-state index in [-0.39, 0.29) is 6.04 Å². The van der Waals surface area contributed by atoms with Crippen LogP contribution in [0.2, 0.25) is 0 Å². The molecule has 1 aromatic heterocycles. The molecule has 1 atom stereocenters. The molecule has 0 amide bonds. The van der Waals surface area contributed by atoms with Crippen molar-refractivity contribution in [3.63, 3.8) is 0 Å². The van der Waals surface area contributed by atoms with Crippen molar-refractivity contribution < 1.29 is 8.42 Å². The first-order valence-corrected chi connectivity index (χ1v) is 9.94. The fraction of sp³-hybridized carbons (Fsp3) is 0.714. The Morgan fingerprint density at radius 2 is 2.24 bits per heavy atom. The highest BCUT2D eigenvalue weighted by Gasteiger charge is 2.22. The standard InChI is InChI=1S/C14H25N3O2S2/c1-11(2)17-10-14(7-12(17)8-15-3)21(18,19)16-9-13-5-4-6-20-13/h7,10-11,13,15-16H,4-6,8-9H2,1-3H3. The van der Waals surface area contributed by atoms with Gasteiger partial charge in [-0.05, 0) is 45.6 Å². The minimum absolute atomic E-state index is 0.239.